The van der Waals surface area contributed by atoms with Gasteiger partial charge in [-0.1, -0.05) is 0 Å². The van der Waals surface area contributed by atoms with Gasteiger partial charge >= 0.3 is 0 Å². The van der Waals surface area contributed by atoms with Crippen LogP contribution < -0.4 is 11.5 Å². The molecule has 1 aliphatic heterocycles. The highest BCUT2D eigenvalue weighted by molar-refractivity contribution is 5.74. The Morgan fingerprint density at radius 3 is 2.69 bits per heavy atom. The molecule has 0 radical (unpaired) electrons. The Morgan fingerprint density at radius 2 is 1.92 bits per heavy atom. The summed E-state index contributed by atoms with van der Waals surface area (Å²) in [4.78, 5) is 0. The summed E-state index contributed by atoms with van der Waals surface area (Å²) in [5, 5.41) is 10.3. The van der Waals surface area contributed by atoms with E-state index in [9.17, 15) is 5.21 Å². The molecule has 0 saturated heterocycles. The molecule has 1 heterocycles. The van der Waals surface area contributed by atoms with E-state index in [4.69, 9.17) is 11.5 Å². The van der Waals surface area contributed by atoms with Crippen molar-refractivity contribution in [3.05, 3.63) is 29.5 Å². The molecule has 4 nitrogen and oxygen atoms in total. The lowest BCUT2D eigenvalue weighted by Crippen LogP contribution is -2.17. The molecule has 4 heteroatoms. The number of rotatable bonds is 0. The number of nitrogen functional groups attached to an aromatic ring is 2. The van der Waals surface area contributed by atoms with Gasteiger partial charge in [-0.15, -0.1) is 0 Å². The van der Waals surface area contributed by atoms with Gasteiger partial charge in [0.1, 0.15) is 0 Å². The van der Waals surface area contributed by atoms with Crippen molar-refractivity contribution in [3.8, 4) is 0 Å². The molecule has 1 aliphatic rings. The van der Waals surface area contributed by atoms with Crippen LogP contribution in [0.4, 0.5) is 11.4 Å². The first-order valence-corrected chi connectivity index (χ1v) is 3.99. The van der Waals surface area contributed by atoms with Crippen LogP contribution in [-0.4, -0.2) is 10.3 Å². The van der Waals surface area contributed by atoms with Gasteiger partial charge in [0.2, 0.25) is 0 Å². The van der Waals surface area contributed by atoms with Crippen molar-refractivity contribution in [2.75, 3.05) is 11.5 Å². The number of nitrogens with zero attached hydrogens (tertiary/aromatic N) is 1. The lowest BCUT2D eigenvalue weighted by molar-refractivity contribution is -0.0492. The number of hydroxylamine groups is 2. The van der Waals surface area contributed by atoms with Gasteiger partial charge in [-0.3, -0.25) is 10.3 Å². The Labute approximate surface area is 76.0 Å². The van der Waals surface area contributed by atoms with E-state index in [1.165, 1.54) is 0 Å². The first-order chi connectivity index (χ1) is 6.18. The predicted octanol–water partition coefficient (Wildman–Crippen LogP) is 1.03. The van der Waals surface area contributed by atoms with Crippen molar-refractivity contribution >= 4 is 17.5 Å². The molecule has 0 amide bonds. The van der Waals surface area contributed by atoms with Crippen LogP contribution in [0, 0.1) is 0 Å². The highest BCUT2D eigenvalue weighted by Crippen LogP contribution is 2.28. The van der Waals surface area contributed by atoms with Crippen molar-refractivity contribution in [2.24, 2.45) is 0 Å². The monoisotopic (exact) mass is 177 g/mol. The molecule has 0 atom stereocenters. The van der Waals surface area contributed by atoms with Crippen molar-refractivity contribution < 1.29 is 5.21 Å². The lowest BCUT2D eigenvalue weighted by atomic mass is 10.0. The zero-order valence-electron chi connectivity index (χ0n) is 7.07. The normalized spacial score (nSPS) is 14.4. The molecular weight excluding hydrogens is 166 g/mol. The topological polar surface area (TPSA) is 75.5 Å². The molecule has 0 aromatic heterocycles. The van der Waals surface area contributed by atoms with Crippen molar-refractivity contribution in [1.82, 2.24) is 5.06 Å². The van der Waals surface area contributed by atoms with Crippen molar-refractivity contribution in [3.63, 3.8) is 0 Å². The van der Waals surface area contributed by atoms with Gasteiger partial charge < -0.3 is 11.5 Å². The van der Waals surface area contributed by atoms with Gasteiger partial charge in [0, 0.05) is 28.7 Å². The Bertz CT molecular complexity index is 373. The molecular formula is C9H11N3O. The largest absolute Gasteiger partial charge is 0.398 e. The smallest absolute Gasteiger partial charge is 0.0723 e. The second-order valence-electron chi connectivity index (χ2n) is 3.05. The minimum Gasteiger partial charge on any atom is -0.398 e. The van der Waals surface area contributed by atoms with Crippen molar-refractivity contribution in [1.29, 1.82) is 0 Å². The molecule has 0 bridgehead atoms. The molecule has 1 aromatic carbocycles. The zero-order chi connectivity index (χ0) is 9.42. The van der Waals surface area contributed by atoms with E-state index in [0.29, 0.717) is 17.9 Å². The van der Waals surface area contributed by atoms with Gasteiger partial charge in [-0.25, -0.2) is 0 Å². The lowest BCUT2D eigenvalue weighted by Gasteiger charge is -2.21. The Morgan fingerprint density at radius 1 is 1.23 bits per heavy atom. The fourth-order valence-corrected chi connectivity index (χ4v) is 1.45. The van der Waals surface area contributed by atoms with E-state index < -0.39 is 0 Å². The number of nitrogens with two attached hydrogens (primary N) is 2. The number of hydrogen-bond acceptors (Lipinski definition) is 4. The summed E-state index contributed by atoms with van der Waals surface area (Å²) >= 11 is 0. The summed E-state index contributed by atoms with van der Waals surface area (Å²) in [5.74, 6) is 0. The van der Waals surface area contributed by atoms with Crippen LogP contribution in [0.2, 0.25) is 0 Å². The maximum absolute atomic E-state index is 9.22. The quantitative estimate of drug-likeness (QED) is 0.517. The van der Waals surface area contributed by atoms with Crippen molar-refractivity contribution in [2.45, 2.75) is 6.54 Å². The van der Waals surface area contributed by atoms with Gasteiger partial charge in [0.15, 0.2) is 0 Å². The van der Waals surface area contributed by atoms with E-state index in [0.717, 1.165) is 16.2 Å². The third-order valence-electron chi connectivity index (χ3n) is 2.16. The highest BCUT2D eigenvalue weighted by Gasteiger charge is 2.13. The third kappa shape index (κ3) is 1.21. The second kappa shape index (κ2) is 2.67. The van der Waals surface area contributed by atoms with E-state index >= 15 is 0 Å². The van der Waals surface area contributed by atoms with E-state index in [1.807, 2.05) is 0 Å². The molecule has 0 fully saturated rings. The number of fused-ring (bicyclic) bond motifs is 1. The van der Waals surface area contributed by atoms with Gasteiger partial charge in [-0.2, -0.15) is 0 Å². The first kappa shape index (κ1) is 7.94. The highest BCUT2D eigenvalue weighted by atomic mass is 16.5. The fraction of sp³-hybridized carbons (Fsp3) is 0.111. The molecule has 1 aromatic rings. The Hall–Kier alpha value is -1.68. The van der Waals surface area contributed by atoms with E-state index in [-0.39, 0.29) is 0 Å². The molecule has 0 saturated carbocycles. The van der Waals surface area contributed by atoms with Crippen LogP contribution >= 0.6 is 0 Å². The SMILES string of the molecule is Nc1ccc(N)c2c1C=CN(O)C2. The third-order valence-corrected chi connectivity index (χ3v) is 2.16. The second-order valence-corrected chi connectivity index (χ2v) is 3.05. The summed E-state index contributed by atoms with van der Waals surface area (Å²) < 4.78 is 0. The summed E-state index contributed by atoms with van der Waals surface area (Å²) in [7, 11) is 0. The van der Waals surface area contributed by atoms with Crippen LogP contribution in [0.1, 0.15) is 11.1 Å². The Balaban J connectivity index is 2.60. The summed E-state index contributed by atoms with van der Waals surface area (Å²) in [5.41, 5.74) is 14.6. The molecule has 0 aliphatic carbocycles. The predicted molar refractivity (Wildman–Crippen MR) is 51.6 cm³/mol. The van der Waals surface area contributed by atoms with Crippen LogP contribution in [0.3, 0.4) is 0 Å². The molecule has 0 spiro atoms. The summed E-state index contributed by atoms with van der Waals surface area (Å²) in [6.07, 6.45) is 3.32. The van der Waals surface area contributed by atoms with E-state index in [2.05, 4.69) is 0 Å². The minimum atomic E-state index is 0.392. The molecule has 5 N–H and O–H groups in total. The minimum absolute atomic E-state index is 0.392. The first-order valence-electron chi connectivity index (χ1n) is 3.99. The zero-order valence-corrected chi connectivity index (χ0v) is 7.07. The van der Waals surface area contributed by atoms with Gasteiger partial charge in [0.25, 0.3) is 0 Å². The van der Waals surface area contributed by atoms with Crippen LogP contribution in [0.5, 0.6) is 0 Å². The fourth-order valence-electron chi connectivity index (χ4n) is 1.45. The van der Waals surface area contributed by atoms with E-state index in [1.54, 1.807) is 24.4 Å². The average Bonchev–Trinajstić information content (AvgIpc) is 2.12. The molecule has 68 valence electrons. The molecule has 2 rings (SSSR count). The maximum Gasteiger partial charge on any atom is 0.0723 e. The van der Waals surface area contributed by atoms with Crippen LogP contribution in [-0.2, 0) is 6.54 Å². The number of anilines is 2. The summed E-state index contributed by atoms with van der Waals surface area (Å²) in [6.45, 7) is 0.392. The summed E-state index contributed by atoms with van der Waals surface area (Å²) in [6, 6.07) is 3.52. The average molecular weight is 177 g/mol. The van der Waals surface area contributed by atoms with Gasteiger partial charge in [-0.05, 0) is 18.2 Å². The van der Waals surface area contributed by atoms with Gasteiger partial charge in [0.05, 0.1) is 6.54 Å². The Kier molecular flexibility index (Phi) is 1.63. The molecule has 13 heavy (non-hydrogen) atoms. The number of benzene rings is 1. The standard InChI is InChI=1S/C9H11N3O/c10-8-1-2-9(11)7-5-12(13)4-3-6(7)8/h1-4,13H,5,10-11H2. The maximum atomic E-state index is 9.22. The van der Waals surface area contributed by atoms with Crippen LogP contribution in [0.15, 0.2) is 18.3 Å². The number of hydrogen-bond donors (Lipinski definition) is 3. The molecule has 0 unspecified atom stereocenters. The van der Waals surface area contributed by atoms with Crippen LogP contribution in [0.25, 0.3) is 6.08 Å².